The maximum Gasteiger partial charge on any atom is 0.245 e. The average Bonchev–Trinajstić information content (AvgIpc) is 3.56. The minimum Gasteiger partial charge on any atom is -0.369 e. The Bertz CT molecular complexity index is 1560. The van der Waals surface area contributed by atoms with E-state index in [2.05, 4.69) is 69.7 Å². The molecule has 39 heavy (non-hydrogen) atoms. The van der Waals surface area contributed by atoms with Gasteiger partial charge in [-0.15, -0.1) is 0 Å². The first-order chi connectivity index (χ1) is 18.6. The second-order valence-electron chi connectivity index (χ2n) is 10.5. The second kappa shape index (κ2) is 11.8. The molecule has 3 heterocycles. The maximum atomic E-state index is 12.5. The van der Waals surface area contributed by atoms with Crippen LogP contribution < -0.4 is 11.1 Å². The topological polar surface area (TPSA) is 119 Å². The molecule has 204 valence electrons. The van der Waals surface area contributed by atoms with E-state index in [0.29, 0.717) is 21.8 Å². The molecule has 1 atom stereocenters. The number of anilines is 1. The van der Waals surface area contributed by atoms with E-state index >= 15 is 0 Å². The summed E-state index contributed by atoms with van der Waals surface area (Å²) in [7, 11) is 0. The van der Waals surface area contributed by atoms with E-state index in [9.17, 15) is 4.79 Å². The number of hydrogen-bond donors (Lipinski definition) is 3. The molecule has 0 saturated heterocycles. The third-order valence-corrected chi connectivity index (χ3v) is 7.58. The number of imidazole rings is 2. The van der Waals surface area contributed by atoms with Crippen LogP contribution in [-0.4, -0.2) is 35.0 Å². The number of aromatic nitrogens is 6. The van der Waals surface area contributed by atoms with Gasteiger partial charge in [-0.3, -0.25) is 9.36 Å². The Kier molecular flexibility index (Phi) is 8.44. The molecule has 1 aliphatic carbocycles. The maximum absolute atomic E-state index is 12.5. The van der Waals surface area contributed by atoms with Gasteiger partial charge in [-0.05, 0) is 55.7 Å². The van der Waals surface area contributed by atoms with Gasteiger partial charge in [0.25, 0.3) is 0 Å². The largest absolute Gasteiger partial charge is 0.369 e. The Balaban J connectivity index is 1.38. The number of nitrogen functional groups attached to an aromatic ring is 1. The van der Waals surface area contributed by atoms with Gasteiger partial charge < -0.3 is 20.6 Å². The van der Waals surface area contributed by atoms with Gasteiger partial charge in [-0.2, -0.15) is 4.98 Å². The van der Waals surface area contributed by atoms with Crippen molar-refractivity contribution in [2.45, 2.75) is 60.2 Å². The molecule has 1 unspecified atom stereocenters. The lowest BCUT2D eigenvalue weighted by molar-refractivity contribution is -0.117. The monoisotopic (exact) mass is 544 g/mol. The minimum absolute atomic E-state index is 0.107. The quantitative estimate of drug-likeness (QED) is 0.189. The number of allylic oxidation sites excluding steroid dienone is 9. The third kappa shape index (κ3) is 6.51. The molecule has 0 aromatic carbocycles. The number of H-pyrrole nitrogens is 1. The van der Waals surface area contributed by atoms with E-state index in [1.807, 2.05) is 43.9 Å². The van der Waals surface area contributed by atoms with E-state index in [1.165, 1.54) is 23.5 Å². The highest BCUT2D eigenvalue weighted by Gasteiger charge is 2.32. The van der Waals surface area contributed by atoms with Gasteiger partial charge in [0, 0.05) is 18.5 Å². The van der Waals surface area contributed by atoms with Crippen molar-refractivity contribution in [2.24, 2.45) is 5.41 Å². The van der Waals surface area contributed by atoms with Crippen LogP contribution in [0.5, 0.6) is 0 Å². The Morgan fingerprint density at radius 2 is 2.10 bits per heavy atom. The van der Waals surface area contributed by atoms with Crippen LogP contribution >= 0.6 is 12.2 Å². The van der Waals surface area contributed by atoms with Crippen LogP contribution in [0.15, 0.2) is 83.8 Å². The fourth-order valence-electron chi connectivity index (χ4n) is 4.92. The molecule has 0 spiro atoms. The number of carbonyl (C=O) groups excluding carboxylic acids is 1. The fraction of sp³-hybridized carbons (Fsp3) is 0.345. The Labute approximate surface area is 234 Å². The number of nitrogens with two attached hydrogens (primary N) is 1. The van der Waals surface area contributed by atoms with E-state index in [-0.39, 0.29) is 23.9 Å². The Morgan fingerprint density at radius 3 is 2.85 bits per heavy atom. The van der Waals surface area contributed by atoms with Gasteiger partial charge in [0.15, 0.2) is 5.65 Å². The van der Waals surface area contributed by atoms with Crippen molar-refractivity contribution in [3.8, 4) is 0 Å². The fourth-order valence-corrected chi connectivity index (χ4v) is 5.23. The first-order valence-corrected chi connectivity index (χ1v) is 13.3. The number of hydrogen-bond acceptors (Lipinski definition) is 6. The minimum atomic E-state index is -0.252. The summed E-state index contributed by atoms with van der Waals surface area (Å²) in [5.41, 5.74) is 11.9. The molecule has 0 radical (unpaired) electrons. The second-order valence-corrected chi connectivity index (χ2v) is 10.9. The van der Waals surface area contributed by atoms with E-state index in [1.54, 1.807) is 4.57 Å². The van der Waals surface area contributed by atoms with Crippen LogP contribution in [0, 0.1) is 10.1 Å². The summed E-state index contributed by atoms with van der Waals surface area (Å²) in [4.78, 5) is 27.9. The van der Waals surface area contributed by atoms with Crippen molar-refractivity contribution in [2.75, 3.05) is 5.73 Å². The van der Waals surface area contributed by atoms with E-state index in [4.69, 9.17) is 18.0 Å². The molecule has 0 saturated carbocycles. The van der Waals surface area contributed by atoms with Gasteiger partial charge >= 0.3 is 0 Å². The predicted octanol–water partition coefficient (Wildman–Crippen LogP) is 5.72. The molecule has 1 aliphatic rings. The molecular formula is C29H36N8OS. The summed E-state index contributed by atoms with van der Waals surface area (Å²) in [5, 5.41) is 2.81. The zero-order valence-electron chi connectivity index (χ0n) is 23.1. The summed E-state index contributed by atoms with van der Waals surface area (Å²) in [6.07, 6.45) is 21.4. The van der Waals surface area contributed by atoms with Crippen LogP contribution in [0.2, 0.25) is 0 Å². The lowest BCUT2D eigenvalue weighted by Crippen LogP contribution is -2.26. The zero-order chi connectivity index (χ0) is 28.2. The molecule has 4 N–H and O–H groups in total. The highest BCUT2D eigenvalue weighted by Crippen LogP contribution is 2.45. The number of rotatable bonds is 8. The summed E-state index contributed by atoms with van der Waals surface area (Å²) < 4.78 is 4.19. The van der Waals surface area contributed by atoms with E-state index < -0.39 is 0 Å². The molecule has 0 fully saturated rings. The zero-order valence-corrected chi connectivity index (χ0v) is 23.9. The highest BCUT2D eigenvalue weighted by molar-refractivity contribution is 7.71. The van der Waals surface area contributed by atoms with Gasteiger partial charge in [-0.25, -0.2) is 9.97 Å². The molecule has 3 aromatic rings. The van der Waals surface area contributed by atoms with Crippen molar-refractivity contribution in [1.82, 2.24) is 34.4 Å². The summed E-state index contributed by atoms with van der Waals surface area (Å²) in [6, 6.07) is 0.348. The number of amides is 1. The number of carbonyl (C=O) groups is 1. The van der Waals surface area contributed by atoms with Gasteiger partial charge in [-0.1, -0.05) is 62.0 Å². The van der Waals surface area contributed by atoms with Crippen LogP contribution in [-0.2, 0) is 11.5 Å². The van der Waals surface area contributed by atoms with Crippen molar-refractivity contribution in [1.29, 1.82) is 0 Å². The summed E-state index contributed by atoms with van der Waals surface area (Å²) in [5.74, 6) is -0.0628. The Morgan fingerprint density at radius 1 is 1.31 bits per heavy atom. The molecule has 3 aromatic heterocycles. The number of aromatic amines is 1. The molecule has 4 rings (SSSR count). The lowest BCUT2D eigenvalue weighted by Gasteiger charge is -2.37. The highest BCUT2D eigenvalue weighted by atomic mass is 32.1. The number of nitrogens with zero attached hydrogens (tertiary/aromatic N) is 5. The van der Waals surface area contributed by atoms with Crippen LogP contribution in [0.4, 0.5) is 5.95 Å². The van der Waals surface area contributed by atoms with Gasteiger partial charge in [0.1, 0.15) is 10.2 Å². The summed E-state index contributed by atoms with van der Waals surface area (Å²) in [6.45, 7) is 10.9. The molecule has 9 nitrogen and oxygen atoms in total. The van der Waals surface area contributed by atoms with Crippen molar-refractivity contribution in [3.05, 3.63) is 88.4 Å². The number of fused-ring (bicyclic) bond motifs is 1. The van der Waals surface area contributed by atoms with Crippen LogP contribution in [0.1, 0.15) is 53.5 Å². The predicted molar refractivity (Wildman–Crippen MR) is 158 cm³/mol. The molecule has 1 amide bonds. The molecule has 0 aliphatic heterocycles. The normalized spacial score (nSPS) is 18.5. The summed E-state index contributed by atoms with van der Waals surface area (Å²) >= 11 is 5.44. The van der Waals surface area contributed by atoms with Gasteiger partial charge in [0.05, 0.1) is 25.4 Å². The lowest BCUT2D eigenvalue weighted by atomic mass is 9.71. The SMILES string of the molecule is CC1=C(/C=C/C(C)=C/C=C/C(C)=C/C(=O)NCn2c(N)nc3nc[nH]c3c2=S)C(C)(C)CCC1n1ccnc1. The molecular weight excluding hydrogens is 508 g/mol. The van der Waals surface area contributed by atoms with Crippen molar-refractivity contribution in [3.63, 3.8) is 0 Å². The third-order valence-electron chi connectivity index (χ3n) is 7.16. The van der Waals surface area contributed by atoms with Crippen LogP contribution in [0.25, 0.3) is 11.2 Å². The average molecular weight is 545 g/mol. The smallest absolute Gasteiger partial charge is 0.245 e. The van der Waals surface area contributed by atoms with Crippen molar-refractivity contribution >= 4 is 35.2 Å². The Hall–Kier alpha value is -4.05. The number of nitrogens with one attached hydrogen (secondary N) is 2. The van der Waals surface area contributed by atoms with E-state index in [0.717, 1.165) is 24.0 Å². The first kappa shape index (κ1) is 28.0. The van der Waals surface area contributed by atoms with Gasteiger partial charge in [0.2, 0.25) is 11.9 Å². The molecule has 10 heteroatoms. The molecule has 0 bridgehead atoms. The standard InChI is InChI=1S/C29H36N8OS/c1-19(9-10-22-21(3)23(11-12-29(22,4)5)36-14-13-31-17-36)7-6-8-20(2)15-24(38)34-18-37-27(39)25-26(33-16-32-25)35-28(37)30/h6-10,13-17,23H,11-12,18H2,1-5H3,(H2,30,35)(H,32,33)(H,34,38)/b8-6+,10-9+,19-7+,20-15+. The first-order valence-electron chi connectivity index (χ1n) is 12.9. The van der Waals surface area contributed by atoms with Crippen LogP contribution in [0.3, 0.4) is 0 Å². The van der Waals surface area contributed by atoms with Crippen molar-refractivity contribution < 1.29 is 4.79 Å².